The molecule has 0 unspecified atom stereocenters. The second kappa shape index (κ2) is 8.98. The molecule has 1 saturated heterocycles. The van der Waals surface area contributed by atoms with Crippen molar-refractivity contribution in [2.24, 2.45) is 29.6 Å². The highest BCUT2D eigenvalue weighted by atomic mass is 32.2. The van der Waals surface area contributed by atoms with Crippen LogP contribution in [-0.2, 0) is 15.4 Å². The molecule has 1 aliphatic heterocycles. The van der Waals surface area contributed by atoms with Gasteiger partial charge in [0, 0.05) is 13.1 Å². The van der Waals surface area contributed by atoms with Gasteiger partial charge in [-0.05, 0) is 122 Å². The zero-order chi connectivity index (χ0) is 25.1. The van der Waals surface area contributed by atoms with Crippen molar-refractivity contribution in [3.63, 3.8) is 0 Å². The molecule has 192 valence electrons. The Morgan fingerprint density at radius 3 is 1.86 bits per heavy atom. The maximum atomic E-state index is 13.1. The molecule has 2 atom stereocenters. The van der Waals surface area contributed by atoms with Gasteiger partial charge in [-0.2, -0.15) is 4.31 Å². The van der Waals surface area contributed by atoms with Crippen LogP contribution in [0.1, 0.15) is 74.7 Å². The lowest BCUT2D eigenvalue weighted by atomic mass is 9.48. The third-order valence-corrected chi connectivity index (χ3v) is 11.1. The first-order valence-electron chi connectivity index (χ1n) is 13.6. The summed E-state index contributed by atoms with van der Waals surface area (Å²) >= 11 is 0. The second-order valence-electron chi connectivity index (χ2n) is 12.4. The normalized spacial score (nSPS) is 34.0. The van der Waals surface area contributed by atoms with Gasteiger partial charge in [-0.1, -0.05) is 26.0 Å². The molecule has 1 heterocycles. The van der Waals surface area contributed by atoms with Crippen LogP contribution in [0.2, 0.25) is 0 Å². The third-order valence-electron chi connectivity index (χ3n) is 9.28. The van der Waals surface area contributed by atoms with Crippen LogP contribution < -0.4 is 4.74 Å². The van der Waals surface area contributed by atoms with Crippen molar-refractivity contribution >= 4 is 16.0 Å². The standard InChI is InChI=1S/C30H37NO4S/c1-20-11-21(2)19-31(18-20)36(33,34)28-9-3-25(4-10-28)29(32)35-27-7-5-26(6-8-27)30-15-22-12-23(16-30)14-24(13-22)17-30/h3-10,20-24H,11-19H2,1-2H3/t20-,21+,22?,23?,24?,30?. The highest BCUT2D eigenvalue weighted by Crippen LogP contribution is 2.60. The molecule has 0 aromatic heterocycles. The van der Waals surface area contributed by atoms with Crippen LogP contribution in [0.25, 0.3) is 0 Å². The van der Waals surface area contributed by atoms with Gasteiger partial charge in [0.25, 0.3) is 0 Å². The van der Waals surface area contributed by atoms with E-state index in [0.29, 0.717) is 41.7 Å². The smallest absolute Gasteiger partial charge is 0.343 e. The molecule has 2 aromatic carbocycles. The van der Waals surface area contributed by atoms with Gasteiger partial charge in [-0.3, -0.25) is 0 Å². The number of carbonyl (C=O) groups is 1. The SMILES string of the molecule is C[C@@H]1C[C@H](C)CN(S(=O)(=O)c2ccc(C(=O)Oc3ccc(C45CC6CC(CC(C6)C4)C5)cc3)cc2)C1. The van der Waals surface area contributed by atoms with Gasteiger partial charge in [-0.25, -0.2) is 13.2 Å². The number of nitrogens with zero attached hydrogens (tertiary/aromatic N) is 1. The van der Waals surface area contributed by atoms with Gasteiger partial charge < -0.3 is 4.74 Å². The van der Waals surface area contributed by atoms with Crippen LogP contribution in [0.5, 0.6) is 5.75 Å². The first-order valence-corrected chi connectivity index (χ1v) is 15.1. The largest absolute Gasteiger partial charge is 0.423 e. The molecular weight excluding hydrogens is 470 g/mol. The summed E-state index contributed by atoms with van der Waals surface area (Å²) in [5.74, 6) is 3.41. The van der Waals surface area contributed by atoms with Crippen LogP contribution in [0.15, 0.2) is 53.4 Å². The first kappa shape index (κ1) is 24.2. The molecule has 0 amide bonds. The van der Waals surface area contributed by atoms with Gasteiger partial charge in [0.15, 0.2) is 0 Å². The quantitative estimate of drug-likeness (QED) is 0.366. The minimum atomic E-state index is -3.57. The fourth-order valence-corrected chi connectivity index (χ4v) is 9.90. The van der Waals surface area contributed by atoms with E-state index < -0.39 is 16.0 Å². The highest BCUT2D eigenvalue weighted by Gasteiger charge is 2.51. The molecule has 5 fully saturated rings. The zero-order valence-electron chi connectivity index (χ0n) is 21.4. The van der Waals surface area contributed by atoms with Crippen LogP contribution >= 0.6 is 0 Å². The fourth-order valence-electron chi connectivity index (χ4n) is 8.22. The Morgan fingerprint density at radius 2 is 1.33 bits per heavy atom. The van der Waals surface area contributed by atoms with Crippen molar-refractivity contribution < 1.29 is 17.9 Å². The number of hydrogen-bond donors (Lipinski definition) is 0. The molecule has 0 spiro atoms. The summed E-state index contributed by atoms with van der Waals surface area (Å²) in [6.07, 6.45) is 9.23. The molecule has 7 rings (SSSR count). The van der Waals surface area contributed by atoms with E-state index in [-0.39, 0.29) is 4.90 Å². The van der Waals surface area contributed by atoms with Gasteiger partial charge >= 0.3 is 5.97 Å². The van der Waals surface area contributed by atoms with Gasteiger partial charge in [0.1, 0.15) is 5.75 Å². The molecule has 4 bridgehead atoms. The lowest BCUT2D eigenvalue weighted by Gasteiger charge is -2.57. The Bertz CT molecular complexity index is 1190. The van der Waals surface area contributed by atoms with Crippen molar-refractivity contribution in [3.8, 4) is 5.75 Å². The number of sulfonamides is 1. The average Bonchev–Trinajstić information content (AvgIpc) is 2.83. The van der Waals surface area contributed by atoms with Crippen LogP contribution in [0.4, 0.5) is 0 Å². The highest BCUT2D eigenvalue weighted by molar-refractivity contribution is 7.89. The Kier molecular flexibility index (Phi) is 6.03. The van der Waals surface area contributed by atoms with E-state index >= 15 is 0 Å². The van der Waals surface area contributed by atoms with Crippen LogP contribution in [-0.4, -0.2) is 31.8 Å². The molecule has 4 saturated carbocycles. The van der Waals surface area contributed by atoms with E-state index in [1.54, 1.807) is 16.4 Å². The zero-order valence-corrected chi connectivity index (χ0v) is 22.2. The molecule has 0 N–H and O–H groups in total. The van der Waals surface area contributed by atoms with Crippen molar-refractivity contribution in [1.82, 2.24) is 4.31 Å². The molecule has 36 heavy (non-hydrogen) atoms. The van der Waals surface area contributed by atoms with E-state index in [9.17, 15) is 13.2 Å². The Balaban J connectivity index is 1.12. The van der Waals surface area contributed by atoms with Crippen LogP contribution in [0.3, 0.4) is 0 Å². The van der Waals surface area contributed by atoms with E-state index in [0.717, 1.165) is 24.2 Å². The number of benzene rings is 2. The third kappa shape index (κ3) is 4.41. The lowest BCUT2D eigenvalue weighted by Crippen LogP contribution is -2.48. The summed E-state index contributed by atoms with van der Waals surface area (Å²) in [7, 11) is -3.57. The Hall–Kier alpha value is -2.18. The number of hydrogen-bond acceptors (Lipinski definition) is 4. The summed E-state index contributed by atoms with van der Waals surface area (Å²) in [4.78, 5) is 13.0. The lowest BCUT2D eigenvalue weighted by molar-refractivity contribution is -0.00519. The first-order chi connectivity index (χ1) is 17.2. The maximum absolute atomic E-state index is 13.1. The summed E-state index contributed by atoms with van der Waals surface area (Å²) in [6.45, 7) is 5.26. The van der Waals surface area contributed by atoms with E-state index in [4.69, 9.17) is 4.74 Å². The summed E-state index contributed by atoms with van der Waals surface area (Å²) < 4.78 is 33.5. The van der Waals surface area contributed by atoms with Crippen molar-refractivity contribution in [1.29, 1.82) is 0 Å². The molecule has 0 radical (unpaired) electrons. The molecule has 4 aliphatic carbocycles. The molecular formula is C30H37NO4S. The minimum absolute atomic E-state index is 0.222. The monoisotopic (exact) mass is 507 g/mol. The summed E-state index contributed by atoms with van der Waals surface area (Å²) in [6, 6.07) is 14.3. The number of carbonyl (C=O) groups excluding carboxylic acids is 1. The Morgan fingerprint density at radius 1 is 0.806 bits per heavy atom. The van der Waals surface area contributed by atoms with Crippen molar-refractivity contribution in [3.05, 3.63) is 59.7 Å². The van der Waals surface area contributed by atoms with Gasteiger partial charge in [-0.15, -0.1) is 0 Å². The maximum Gasteiger partial charge on any atom is 0.343 e. The number of esters is 1. The van der Waals surface area contributed by atoms with Crippen LogP contribution in [0, 0.1) is 29.6 Å². The molecule has 6 heteroatoms. The summed E-state index contributed by atoms with van der Waals surface area (Å²) in [5.41, 5.74) is 2.07. The predicted molar refractivity (Wildman–Crippen MR) is 139 cm³/mol. The number of rotatable bonds is 5. The molecule has 5 nitrogen and oxygen atoms in total. The molecule has 2 aromatic rings. The van der Waals surface area contributed by atoms with Crippen molar-refractivity contribution in [2.45, 2.75) is 69.1 Å². The Labute approximate surface area is 215 Å². The fraction of sp³-hybridized carbons (Fsp3) is 0.567. The van der Waals surface area contributed by atoms with Gasteiger partial charge in [0.2, 0.25) is 10.0 Å². The van der Waals surface area contributed by atoms with Gasteiger partial charge in [0.05, 0.1) is 10.5 Å². The second-order valence-corrected chi connectivity index (χ2v) is 14.3. The number of ether oxygens (including phenoxy) is 1. The van der Waals surface area contributed by atoms with E-state index in [2.05, 4.69) is 26.0 Å². The number of piperidine rings is 1. The minimum Gasteiger partial charge on any atom is -0.423 e. The topological polar surface area (TPSA) is 63.7 Å². The van der Waals surface area contributed by atoms with E-state index in [1.807, 2.05) is 12.1 Å². The average molecular weight is 508 g/mol. The summed E-state index contributed by atoms with van der Waals surface area (Å²) in [5, 5.41) is 0. The van der Waals surface area contributed by atoms with Crippen molar-refractivity contribution in [2.75, 3.05) is 13.1 Å². The van der Waals surface area contributed by atoms with E-state index in [1.165, 1.54) is 56.2 Å². The molecule has 5 aliphatic rings. The predicted octanol–water partition coefficient (Wildman–Crippen LogP) is 6.04.